The highest BCUT2D eigenvalue weighted by atomic mass is 16.5. The van der Waals surface area contributed by atoms with Crippen molar-refractivity contribution in [3.63, 3.8) is 0 Å². The number of allylic oxidation sites excluding steroid dienone is 9. The van der Waals surface area contributed by atoms with Gasteiger partial charge in [-0.15, -0.1) is 0 Å². The number of hydrogen-bond acceptors (Lipinski definition) is 5. The number of nitrogens with two attached hydrogens (primary N) is 1. The van der Waals surface area contributed by atoms with Gasteiger partial charge in [0, 0.05) is 29.6 Å². The van der Waals surface area contributed by atoms with Crippen LogP contribution in [-0.4, -0.2) is 41.5 Å². The molecule has 2 fully saturated rings. The first kappa shape index (κ1) is 28.4. The average molecular weight is 482 g/mol. The van der Waals surface area contributed by atoms with Gasteiger partial charge in [-0.25, -0.2) is 0 Å². The molecule has 3 N–H and O–H groups in total. The summed E-state index contributed by atoms with van der Waals surface area (Å²) < 4.78 is 5.35. The molecule has 1 amide bonds. The van der Waals surface area contributed by atoms with Crippen LogP contribution in [0, 0.1) is 5.92 Å². The highest BCUT2D eigenvalue weighted by molar-refractivity contribution is 6.02. The summed E-state index contributed by atoms with van der Waals surface area (Å²) in [6, 6.07) is 0.00667. The summed E-state index contributed by atoms with van der Waals surface area (Å²) in [5.41, 5.74) is 11.5. The quantitative estimate of drug-likeness (QED) is 0.287. The van der Waals surface area contributed by atoms with E-state index in [2.05, 4.69) is 36.2 Å². The Morgan fingerprint density at radius 1 is 1.23 bits per heavy atom. The van der Waals surface area contributed by atoms with Gasteiger partial charge in [-0.1, -0.05) is 37.3 Å². The molecule has 1 saturated carbocycles. The van der Waals surface area contributed by atoms with E-state index < -0.39 is 5.54 Å². The van der Waals surface area contributed by atoms with E-state index in [1.54, 1.807) is 6.92 Å². The Morgan fingerprint density at radius 2 is 1.91 bits per heavy atom. The molecule has 0 radical (unpaired) electrons. The lowest BCUT2D eigenvalue weighted by Gasteiger charge is -2.35. The monoisotopic (exact) mass is 481 g/mol. The minimum atomic E-state index is -1.03. The van der Waals surface area contributed by atoms with Crippen molar-refractivity contribution in [1.29, 1.82) is 0 Å². The van der Waals surface area contributed by atoms with Crippen LogP contribution in [0.1, 0.15) is 68.2 Å². The zero-order valence-electron chi connectivity index (χ0n) is 22.7. The molecule has 0 aromatic heterocycles. The number of nitrogens with one attached hydrogen (secondary N) is 1. The first-order chi connectivity index (χ1) is 16.6. The molecule has 35 heavy (non-hydrogen) atoms. The van der Waals surface area contributed by atoms with Crippen LogP contribution < -0.4 is 11.1 Å². The Kier molecular flexibility index (Phi) is 9.90. The molecule has 0 spiro atoms. The number of nitrogens with zero attached hydrogens (tertiary/aromatic N) is 1. The second-order valence-corrected chi connectivity index (χ2v) is 9.43. The minimum absolute atomic E-state index is 0.00667. The van der Waals surface area contributed by atoms with Crippen molar-refractivity contribution in [2.75, 3.05) is 13.2 Å². The smallest absolute Gasteiger partial charge is 0.326 e. The van der Waals surface area contributed by atoms with E-state index in [1.165, 1.54) is 0 Å². The van der Waals surface area contributed by atoms with E-state index in [0.717, 1.165) is 40.1 Å². The third-order valence-electron chi connectivity index (χ3n) is 7.42. The van der Waals surface area contributed by atoms with E-state index in [1.807, 2.05) is 58.9 Å². The molecule has 1 aliphatic heterocycles. The van der Waals surface area contributed by atoms with Crippen LogP contribution in [-0.2, 0) is 14.3 Å². The van der Waals surface area contributed by atoms with Crippen molar-refractivity contribution in [1.82, 2.24) is 10.2 Å². The van der Waals surface area contributed by atoms with Gasteiger partial charge in [-0.2, -0.15) is 0 Å². The highest BCUT2D eigenvalue weighted by Gasteiger charge is 2.50. The Bertz CT molecular complexity index is 1010. The molecule has 2 rings (SSSR count). The van der Waals surface area contributed by atoms with Gasteiger partial charge in [0.15, 0.2) is 0 Å². The van der Waals surface area contributed by atoms with Crippen LogP contribution in [0.25, 0.3) is 0 Å². The molecule has 3 atom stereocenters. The number of carbonyl (C=O) groups is 2. The van der Waals surface area contributed by atoms with Crippen molar-refractivity contribution in [2.24, 2.45) is 11.7 Å². The number of hydrogen-bond donors (Lipinski definition) is 2. The van der Waals surface area contributed by atoms with Crippen molar-refractivity contribution < 1.29 is 14.3 Å². The first-order valence-corrected chi connectivity index (χ1v) is 12.6. The van der Waals surface area contributed by atoms with Crippen LogP contribution in [0.15, 0.2) is 70.1 Å². The second kappa shape index (κ2) is 12.2. The lowest BCUT2D eigenvalue weighted by atomic mass is 9.90. The number of carbonyl (C=O) groups excluding carboxylic acids is 2. The summed E-state index contributed by atoms with van der Waals surface area (Å²) in [5.74, 6) is -0.403. The zero-order chi connectivity index (χ0) is 26.3. The summed E-state index contributed by atoms with van der Waals surface area (Å²) in [6.45, 7) is 16.8. The van der Waals surface area contributed by atoms with Crippen LogP contribution in [0.4, 0.5) is 0 Å². The molecule has 1 aliphatic carbocycles. The van der Waals surface area contributed by atoms with Gasteiger partial charge in [0.25, 0.3) is 5.91 Å². The molecule has 0 aromatic rings. The summed E-state index contributed by atoms with van der Waals surface area (Å²) in [6.07, 6.45) is 13.4. The third kappa shape index (κ3) is 5.87. The predicted molar refractivity (Wildman–Crippen MR) is 143 cm³/mol. The summed E-state index contributed by atoms with van der Waals surface area (Å²) in [7, 11) is 0. The summed E-state index contributed by atoms with van der Waals surface area (Å²) >= 11 is 0. The molecule has 192 valence electrons. The number of esters is 1. The Balaban J connectivity index is 2.63. The van der Waals surface area contributed by atoms with Crippen LogP contribution in [0.5, 0.6) is 0 Å². The summed E-state index contributed by atoms with van der Waals surface area (Å²) in [4.78, 5) is 27.7. The average Bonchev–Trinajstić information content (AvgIpc) is 3.36. The fraction of sp³-hybridized carbons (Fsp3) is 0.517. The molecule has 6 heteroatoms. The third-order valence-corrected chi connectivity index (χ3v) is 7.42. The van der Waals surface area contributed by atoms with Gasteiger partial charge in [0.1, 0.15) is 5.54 Å². The van der Waals surface area contributed by atoms with Crippen LogP contribution >= 0.6 is 0 Å². The van der Waals surface area contributed by atoms with E-state index in [9.17, 15) is 9.59 Å². The molecule has 1 heterocycles. The largest absolute Gasteiger partial charge is 0.465 e. The molecular formula is C29H43N3O3. The molecule has 0 aromatic carbocycles. The van der Waals surface area contributed by atoms with Gasteiger partial charge < -0.3 is 20.7 Å². The topological polar surface area (TPSA) is 84.7 Å². The van der Waals surface area contributed by atoms with Gasteiger partial charge >= 0.3 is 5.97 Å². The Morgan fingerprint density at radius 3 is 2.49 bits per heavy atom. The highest BCUT2D eigenvalue weighted by Crippen LogP contribution is 2.41. The van der Waals surface area contributed by atoms with E-state index in [-0.39, 0.29) is 23.8 Å². The predicted octanol–water partition coefficient (Wildman–Crippen LogP) is 5.07. The van der Waals surface area contributed by atoms with Crippen molar-refractivity contribution >= 4 is 11.9 Å². The normalized spacial score (nSPS) is 28.7. The zero-order valence-corrected chi connectivity index (χ0v) is 22.7. The minimum Gasteiger partial charge on any atom is -0.465 e. The van der Waals surface area contributed by atoms with Gasteiger partial charge in [0.05, 0.1) is 6.61 Å². The number of ether oxygens (including phenoxy) is 1. The van der Waals surface area contributed by atoms with Gasteiger partial charge in [0.2, 0.25) is 0 Å². The lowest BCUT2D eigenvalue weighted by molar-refractivity contribution is -0.151. The fourth-order valence-electron chi connectivity index (χ4n) is 5.09. The maximum Gasteiger partial charge on any atom is 0.326 e. The number of amides is 1. The number of rotatable bonds is 8. The molecule has 6 nitrogen and oxygen atoms in total. The van der Waals surface area contributed by atoms with Crippen molar-refractivity contribution in [3.05, 3.63) is 70.1 Å². The molecule has 3 unspecified atom stereocenters. The second-order valence-electron chi connectivity index (χ2n) is 9.43. The standard InChI is InChI=1S/C29H43N3O3/c1-9-13-14-15-24(11-3)32(25-16-19(5)29(30,17-25)28(34)35-12-4)22(8)20(6)21(7)26-23(10-2)18-31-27(26)33/h9-11,13-15,19,25H,12,16-18,30H2,1-8H3,(H,31,33)/b13-9-,15-14-,22-20+,23-10+,24-11-,26-21+. The van der Waals surface area contributed by atoms with E-state index >= 15 is 0 Å². The summed E-state index contributed by atoms with van der Waals surface area (Å²) in [5, 5.41) is 2.94. The van der Waals surface area contributed by atoms with Gasteiger partial charge in [-0.05, 0) is 90.0 Å². The van der Waals surface area contributed by atoms with Crippen molar-refractivity contribution in [3.8, 4) is 0 Å². The first-order valence-electron chi connectivity index (χ1n) is 12.6. The molecule has 2 aliphatic rings. The van der Waals surface area contributed by atoms with Crippen molar-refractivity contribution in [2.45, 2.75) is 79.8 Å². The SMILES string of the molecule is C\C=C/C=C\C(=C\C)N(/C(C)=C(C)/C(C)=C1/C(=O)NC/C1=C\C)C1CC(C)C(N)(C(=O)OCC)C1. The Labute approximate surface area is 211 Å². The van der Waals surface area contributed by atoms with E-state index in [0.29, 0.717) is 19.6 Å². The van der Waals surface area contributed by atoms with Gasteiger partial charge in [-0.3, -0.25) is 9.59 Å². The molecule has 1 saturated heterocycles. The Hall–Kier alpha value is -2.86. The maximum atomic E-state index is 12.8. The molecular weight excluding hydrogens is 438 g/mol. The molecule has 0 bridgehead atoms. The van der Waals surface area contributed by atoms with Crippen LogP contribution in [0.2, 0.25) is 0 Å². The van der Waals surface area contributed by atoms with Crippen LogP contribution in [0.3, 0.4) is 0 Å². The maximum absolute atomic E-state index is 12.8. The van der Waals surface area contributed by atoms with E-state index in [4.69, 9.17) is 10.5 Å². The fourth-order valence-corrected chi connectivity index (χ4v) is 5.09. The lowest BCUT2D eigenvalue weighted by Crippen LogP contribution is -2.52.